The molecule has 0 aliphatic heterocycles. The van der Waals surface area contributed by atoms with Crippen molar-refractivity contribution in [2.75, 3.05) is 20.5 Å². The highest BCUT2D eigenvalue weighted by molar-refractivity contribution is 7.98. The van der Waals surface area contributed by atoms with Crippen molar-refractivity contribution in [1.82, 2.24) is 4.57 Å². The summed E-state index contributed by atoms with van der Waals surface area (Å²) in [5, 5.41) is 0. The van der Waals surface area contributed by atoms with E-state index in [0.717, 1.165) is 15.8 Å². The van der Waals surface area contributed by atoms with Crippen LogP contribution in [0.15, 0.2) is 46.3 Å². The minimum absolute atomic E-state index is 0.164. The average molecular weight is 389 g/mol. The lowest BCUT2D eigenvalue weighted by Gasteiger charge is -2.07. The van der Waals surface area contributed by atoms with E-state index in [1.165, 1.54) is 16.2 Å². The lowest BCUT2D eigenvalue weighted by molar-refractivity contribution is -0.117. The van der Waals surface area contributed by atoms with E-state index >= 15 is 0 Å². The third kappa shape index (κ3) is 3.78. The molecule has 0 bridgehead atoms. The van der Waals surface area contributed by atoms with Crippen molar-refractivity contribution >= 4 is 39.2 Å². The molecule has 3 aromatic rings. The zero-order chi connectivity index (χ0) is 18.7. The SMILES string of the molecule is COc1cc2sc(=NC(=O)Cc3ccc(SC)cc3)n(C)c2cc1OC. The fourth-order valence-electron chi connectivity index (χ4n) is 2.63. The molecule has 0 N–H and O–H groups in total. The number of thiazole rings is 1. The number of aryl methyl sites for hydroxylation is 1. The molecule has 136 valence electrons. The predicted molar refractivity (Wildman–Crippen MR) is 106 cm³/mol. The normalized spacial score (nSPS) is 11.8. The van der Waals surface area contributed by atoms with Crippen molar-refractivity contribution in [3.63, 3.8) is 0 Å². The Morgan fingerprint density at radius 2 is 1.81 bits per heavy atom. The van der Waals surface area contributed by atoms with Gasteiger partial charge >= 0.3 is 0 Å². The summed E-state index contributed by atoms with van der Waals surface area (Å²) in [4.78, 5) is 18.5. The van der Waals surface area contributed by atoms with Crippen LogP contribution in [0.1, 0.15) is 5.56 Å². The molecular weight excluding hydrogens is 368 g/mol. The molecule has 0 aliphatic rings. The van der Waals surface area contributed by atoms with E-state index in [9.17, 15) is 4.79 Å². The van der Waals surface area contributed by atoms with Crippen molar-refractivity contribution in [1.29, 1.82) is 0 Å². The van der Waals surface area contributed by atoms with Crippen molar-refractivity contribution in [2.24, 2.45) is 12.0 Å². The first kappa shape index (κ1) is 18.5. The lowest BCUT2D eigenvalue weighted by Crippen LogP contribution is -2.14. The minimum Gasteiger partial charge on any atom is -0.493 e. The summed E-state index contributed by atoms with van der Waals surface area (Å²) >= 11 is 3.13. The highest BCUT2D eigenvalue weighted by Gasteiger charge is 2.11. The largest absolute Gasteiger partial charge is 0.493 e. The molecule has 2 aromatic carbocycles. The first-order valence-corrected chi connectivity index (χ1v) is 10.0. The van der Waals surface area contributed by atoms with Gasteiger partial charge in [-0.15, -0.1) is 11.8 Å². The monoisotopic (exact) mass is 388 g/mol. The van der Waals surface area contributed by atoms with Crippen LogP contribution in [-0.4, -0.2) is 30.9 Å². The highest BCUT2D eigenvalue weighted by atomic mass is 32.2. The maximum absolute atomic E-state index is 12.4. The topological polar surface area (TPSA) is 52.8 Å². The summed E-state index contributed by atoms with van der Waals surface area (Å²) in [6.07, 6.45) is 2.32. The van der Waals surface area contributed by atoms with Gasteiger partial charge in [0.2, 0.25) is 0 Å². The number of thioether (sulfide) groups is 1. The fourth-order valence-corrected chi connectivity index (χ4v) is 4.08. The van der Waals surface area contributed by atoms with Crippen LogP contribution in [0.25, 0.3) is 10.2 Å². The second kappa shape index (κ2) is 7.97. The fraction of sp³-hybridized carbons (Fsp3) is 0.263. The van der Waals surface area contributed by atoms with Crippen LogP contribution in [0, 0.1) is 0 Å². The van der Waals surface area contributed by atoms with Crippen LogP contribution in [0.2, 0.25) is 0 Å². The van der Waals surface area contributed by atoms with Gasteiger partial charge in [0.25, 0.3) is 5.91 Å². The van der Waals surface area contributed by atoms with Gasteiger partial charge in [0, 0.05) is 24.1 Å². The molecule has 0 spiro atoms. The van der Waals surface area contributed by atoms with Crippen LogP contribution < -0.4 is 14.3 Å². The predicted octanol–water partition coefficient (Wildman–Crippen LogP) is 3.65. The zero-order valence-electron chi connectivity index (χ0n) is 15.1. The van der Waals surface area contributed by atoms with Gasteiger partial charge < -0.3 is 14.0 Å². The Morgan fingerprint density at radius 3 is 2.42 bits per heavy atom. The first-order valence-electron chi connectivity index (χ1n) is 7.97. The molecule has 26 heavy (non-hydrogen) atoms. The second-order valence-corrected chi connectivity index (χ2v) is 7.54. The van der Waals surface area contributed by atoms with E-state index in [1.54, 1.807) is 26.0 Å². The van der Waals surface area contributed by atoms with E-state index < -0.39 is 0 Å². The number of carbonyl (C=O) groups is 1. The summed E-state index contributed by atoms with van der Waals surface area (Å²) in [6.45, 7) is 0. The number of fused-ring (bicyclic) bond motifs is 1. The molecular formula is C19H20N2O3S2. The van der Waals surface area contributed by atoms with Gasteiger partial charge in [-0.3, -0.25) is 4.79 Å². The molecule has 0 aliphatic carbocycles. The molecule has 0 saturated heterocycles. The second-order valence-electron chi connectivity index (χ2n) is 5.65. The Labute approximate surface area is 160 Å². The molecule has 0 saturated carbocycles. The number of methoxy groups -OCH3 is 2. The number of hydrogen-bond acceptors (Lipinski definition) is 5. The first-order chi connectivity index (χ1) is 12.5. The molecule has 3 rings (SSSR count). The van der Waals surface area contributed by atoms with Crippen molar-refractivity contribution in [3.05, 3.63) is 46.8 Å². The molecule has 0 radical (unpaired) electrons. The van der Waals surface area contributed by atoms with Crippen molar-refractivity contribution in [3.8, 4) is 11.5 Å². The molecule has 1 heterocycles. The van der Waals surface area contributed by atoms with Crippen LogP contribution in [-0.2, 0) is 18.3 Å². The molecule has 7 heteroatoms. The molecule has 0 fully saturated rings. The van der Waals surface area contributed by atoms with Gasteiger partial charge in [0.1, 0.15) is 0 Å². The molecule has 0 atom stereocenters. The minimum atomic E-state index is -0.164. The van der Waals surface area contributed by atoms with Crippen molar-refractivity contribution < 1.29 is 14.3 Å². The highest BCUT2D eigenvalue weighted by Crippen LogP contribution is 2.33. The summed E-state index contributed by atoms with van der Waals surface area (Å²) in [5.41, 5.74) is 1.91. The van der Waals surface area contributed by atoms with Crippen molar-refractivity contribution in [2.45, 2.75) is 11.3 Å². The maximum atomic E-state index is 12.4. The average Bonchev–Trinajstić information content (AvgIpc) is 2.95. The van der Waals surface area contributed by atoms with E-state index in [4.69, 9.17) is 9.47 Å². The molecule has 5 nitrogen and oxygen atoms in total. The van der Waals surface area contributed by atoms with Gasteiger partial charge in [-0.1, -0.05) is 23.5 Å². The number of ether oxygens (including phenoxy) is 2. The third-order valence-electron chi connectivity index (χ3n) is 4.05. The Hall–Kier alpha value is -2.25. The molecule has 1 amide bonds. The molecule has 1 aromatic heterocycles. The quantitative estimate of drug-likeness (QED) is 0.626. The van der Waals surface area contributed by atoms with Gasteiger partial charge in [-0.05, 0) is 24.0 Å². The van der Waals surface area contributed by atoms with Crippen LogP contribution >= 0.6 is 23.1 Å². The standard InChI is InChI=1S/C19H20N2O3S2/c1-21-14-10-15(23-2)16(24-3)11-17(14)26-19(21)20-18(22)9-12-5-7-13(25-4)8-6-12/h5-8,10-11H,9H2,1-4H3. The number of rotatable bonds is 5. The number of hydrogen-bond donors (Lipinski definition) is 0. The van der Waals surface area contributed by atoms with Crippen LogP contribution in [0.3, 0.4) is 0 Å². The summed E-state index contributed by atoms with van der Waals surface area (Å²) in [6, 6.07) is 11.8. The lowest BCUT2D eigenvalue weighted by atomic mass is 10.1. The van der Waals surface area contributed by atoms with Gasteiger partial charge in [0.05, 0.1) is 30.9 Å². The third-order valence-corrected chi connectivity index (χ3v) is 5.89. The zero-order valence-corrected chi connectivity index (χ0v) is 16.7. The van der Waals surface area contributed by atoms with Crippen LogP contribution in [0.4, 0.5) is 0 Å². The number of benzene rings is 2. The Kier molecular flexibility index (Phi) is 5.68. The van der Waals surface area contributed by atoms with Gasteiger partial charge in [-0.2, -0.15) is 4.99 Å². The number of aromatic nitrogens is 1. The van der Waals surface area contributed by atoms with Gasteiger partial charge in [-0.25, -0.2) is 0 Å². The molecule has 0 unspecified atom stereocenters. The van der Waals surface area contributed by atoms with E-state index in [1.807, 2.05) is 54.3 Å². The number of nitrogens with zero attached hydrogens (tertiary/aromatic N) is 2. The van der Waals surface area contributed by atoms with E-state index in [0.29, 0.717) is 16.3 Å². The maximum Gasteiger partial charge on any atom is 0.252 e. The number of amides is 1. The summed E-state index contributed by atoms with van der Waals surface area (Å²) in [7, 11) is 5.10. The van der Waals surface area contributed by atoms with E-state index in [2.05, 4.69) is 4.99 Å². The van der Waals surface area contributed by atoms with Gasteiger partial charge in [0.15, 0.2) is 16.3 Å². The summed E-state index contributed by atoms with van der Waals surface area (Å²) in [5.74, 6) is 1.15. The number of carbonyl (C=O) groups excluding carboxylic acids is 1. The van der Waals surface area contributed by atoms with E-state index in [-0.39, 0.29) is 12.3 Å². The Bertz CT molecular complexity index is 1000. The summed E-state index contributed by atoms with van der Waals surface area (Å²) < 4.78 is 13.6. The Balaban J connectivity index is 1.92. The van der Waals surface area contributed by atoms with Crippen LogP contribution in [0.5, 0.6) is 11.5 Å². The Morgan fingerprint density at radius 1 is 1.15 bits per heavy atom. The smallest absolute Gasteiger partial charge is 0.252 e.